The summed E-state index contributed by atoms with van der Waals surface area (Å²) in [5.41, 5.74) is 1.21. The maximum atomic E-state index is 12.6. The monoisotopic (exact) mass is 292 g/mol. The average Bonchev–Trinajstić information content (AvgIpc) is 3.18. The van der Waals surface area contributed by atoms with E-state index < -0.39 is 0 Å². The van der Waals surface area contributed by atoms with Crippen LogP contribution in [-0.2, 0) is 4.79 Å². The molecule has 2 aliphatic heterocycles. The number of nitrogens with one attached hydrogen (secondary N) is 1. The standard InChI is InChI=1S/C15H20N2O2S/c1-19-12-6-4-11(5-7-12)14-3-2-8-17(14)15(18)13-9-20-10-16-13/h4-7,13-14,16H,2-3,8-10H2,1H3. The minimum atomic E-state index is -0.00107. The average molecular weight is 292 g/mol. The van der Waals surface area contributed by atoms with E-state index in [2.05, 4.69) is 17.4 Å². The quantitative estimate of drug-likeness (QED) is 0.925. The van der Waals surface area contributed by atoms with Gasteiger partial charge in [0.2, 0.25) is 5.91 Å². The molecule has 2 fully saturated rings. The first-order chi connectivity index (χ1) is 9.79. The molecule has 0 saturated carbocycles. The molecule has 0 radical (unpaired) electrons. The minimum absolute atomic E-state index is 0.00107. The highest BCUT2D eigenvalue weighted by molar-refractivity contribution is 7.99. The second kappa shape index (κ2) is 6.06. The van der Waals surface area contributed by atoms with Crippen molar-refractivity contribution in [3.05, 3.63) is 29.8 Å². The summed E-state index contributed by atoms with van der Waals surface area (Å²) in [5, 5.41) is 3.28. The molecule has 3 rings (SSSR count). The number of thioether (sulfide) groups is 1. The molecule has 5 heteroatoms. The summed E-state index contributed by atoms with van der Waals surface area (Å²) in [5.74, 6) is 2.90. The normalized spacial score (nSPS) is 25.9. The first kappa shape index (κ1) is 13.8. The van der Waals surface area contributed by atoms with Crippen molar-refractivity contribution in [1.82, 2.24) is 10.2 Å². The number of benzene rings is 1. The van der Waals surface area contributed by atoms with Crippen LogP contribution in [0.2, 0.25) is 0 Å². The number of carbonyl (C=O) groups is 1. The van der Waals surface area contributed by atoms with Gasteiger partial charge in [-0.2, -0.15) is 0 Å². The van der Waals surface area contributed by atoms with Gasteiger partial charge in [-0.3, -0.25) is 10.1 Å². The molecule has 1 aromatic carbocycles. The first-order valence-electron chi connectivity index (χ1n) is 7.05. The van der Waals surface area contributed by atoms with Crippen molar-refractivity contribution in [3.63, 3.8) is 0 Å². The predicted octanol–water partition coefficient (Wildman–Crippen LogP) is 2.02. The molecule has 2 unspecified atom stereocenters. The molecule has 1 N–H and O–H groups in total. The SMILES string of the molecule is COc1ccc(C2CCCN2C(=O)C2CSCN2)cc1. The van der Waals surface area contributed by atoms with Crippen LogP contribution in [0.3, 0.4) is 0 Å². The highest BCUT2D eigenvalue weighted by Crippen LogP contribution is 2.33. The van der Waals surface area contributed by atoms with Crippen molar-refractivity contribution in [2.24, 2.45) is 0 Å². The van der Waals surface area contributed by atoms with Gasteiger partial charge in [0.15, 0.2) is 0 Å². The third-order valence-corrected chi connectivity index (χ3v) is 4.99. The Hall–Kier alpha value is -1.20. The van der Waals surface area contributed by atoms with Crippen molar-refractivity contribution in [2.45, 2.75) is 24.9 Å². The number of nitrogens with zero attached hydrogens (tertiary/aromatic N) is 1. The fourth-order valence-corrected chi connectivity index (χ4v) is 3.89. The van der Waals surface area contributed by atoms with Crippen LogP contribution >= 0.6 is 11.8 Å². The van der Waals surface area contributed by atoms with Crippen LogP contribution in [0.15, 0.2) is 24.3 Å². The molecule has 2 atom stereocenters. The van der Waals surface area contributed by atoms with Crippen LogP contribution in [0, 0.1) is 0 Å². The van der Waals surface area contributed by atoms with Gasteiger partial charge in [0.05, 0.1) is 19.2 Å². The number of amides is 1. The maximum Gasteiger partial charge on any atom is 0.241 e. The van der Waals surface area contributed by atoms with Crippen LogP contribution in [0.1, 0.15) is 24.4 Å². The number of likely N-dealkylation sites (tertiary alicyclic amines) is 1. The summed E-state index contributed by atoms with van der Waals surface area (Å²) in [6, 6.07) is 8.32. The molecule has 1 aromatic rings. The summed E-state index contributed by atoms with van der Waals surface area (Å²) in [4.78, 5) is 14.6. The molecule has 0 aromatic heterocycles. The lowest BCUT2D eigenvalue weighted by Gasteiger charge is -2.27. The Balaban J connectivity index is 1.75. The topological polar surface area (TPSA) is 41.6 Å². The van der Waals surface area contributed by atoms with Crippen LogP contribution < -0.4 is 10.1 Å². The Morgan fingerprint density at radius 1 is 1.40 bits per heavy atom. The van der Waals surface area contributed by atoms with E-state index in [1.54, 1.807) is 18.9 Å². The highest BCUT2D eigenvalue weighted by atomic mass is 32.2. The van der Waals surface area contributed by atoms with Gasteiger partial charge in [-0.05, 0) is 30.5 Å². The Bertz CT molecular complexity index is 471. The van der Waals surface area contributed by atoms with Gasteiger partial charge in [0, 0.05) is 18.2 Å². The highest BCUT2D eigenvalue weighted by Gasteiger charge is 2.35. The van der Waals surface area contributed by atoms with Crippen molar-refractivity contribution in [1.29, 1.82) is 0 Å². The molecule has 4 nitrogen and oxygen atoms in total. The lowest BCUT2D eigenvalue weighted by Crippen LogP contribution is -2.44. The second-order valence-electron chi connectivity index (χ2n) is 5.23. The largest absolute Gasteiger partial charge is 0.497 e. The molecule has 20 heavy (non-hydrogen) atoms. The van der Waals surface area contributed by atoms with E-state index in [0.717, 1.165) is 36.8 Å². The van der Waals surface area contributed by atoms with E-state index in [4.69, 9.17) is 4.74 Å². The van der Waals surface area contributed by atoms with Crippen molar-refractivity contribution in [2.75, 3.05) is 25.3 Å². The number of carbonyl (C=O) groups excluding carboxylic acids is 1. The van der Waals surface area contributed by atoms with E-state index in [-0.39, 0.29) is 18.0 Å². The molecular weight excluding hydrogens is 272 g/mol. The third-order valence-electron chi connectivity index (χ3n) is 4.05. The Labute approximate surface area is 123 Å². The van der Waals surface area contributed by atoms with E-state index in [1.807, 2.05) is 17.0 Å². The zero-order valence-corrected chi connectivity index (χ0v) is 12.5. The molecule has 0 bridgehead atoms. The molecule has 108 valence electrons. The summed E-state index contributed by atoms with van der Waals surface area (Å²) in [6.07, 6.45) is 2.14. The number of hydrogen-bond acceptors (Lipinski definition) is 4. The van der Waals surface area contributed by atoms with E-state index >= 15 is 0 Å². The molecular formula is C15H20N2O2S. The van der Waals surface area contributed by atoms with Gasteiger partial charge < -0.3 is 9.64 Å². The number of rotatable bonds is 3. The van der Waals surface area contributed by atoms with Gasteiger partial charge in [0.25, 0.3) is 0 Å². The number of hydrogen-bond donors (Lipinski definition) is 1. The van der Waals surface area contributed by atoms with E-state index in [1.165, 1.54) is 5.56 Å². The molecule has 2 aliphatic rings. The molecule has 1 amide bonds. The summed E-state index contributed by atoms with van der Waals surface area (Å²) >= 11 is 1.80. The fourth-order valence-electron chi connectivity index (χ4n) is 2.96. The van der Waals surface area contributed by atoms with Crippen LogP contribution in [0.4, 0.5) is 0 Å². The summed E-state index contributed by atoms with van der Waals surface area (Å²) < 4.78 is 5.19. The maximum absolute atomic E-state index is 12.6. The lowest BCUT2D eigenvalue weighted by molar-refractivity contribution is -0.133. The third kappa shape index (κ3) is 2.65. The molecule has 2 heterocycles. The van der Waals surface area contributed by atoms with Crippen LogP contribution in [0.5, 0.6) is 5.75 Å². The fraction of sp³-hybridized carbons (Fsp3) is 0.533. The number of methoxy groups -OCH3 is 1. The second-order valence-corrected chi connectivity index (χ2v) is 6.26. The van der Waals surface area contributed by atoms with Crippen molar-refractivity contribution >= 4 is 17.7 Å². The van der Waals surface area contributed by atoms with Gasteiger partial charge >= 0.3 is 0 Å². The zero-order chi connectivity index (χ0) is 13.9. The molecule has 0 spiro atoms. The van der Waals surface area contributed by atoms with Crippen molar-refractivity contribution in [3.8, 4) is 5.75 Å². The van der Waals surface area contributed by atoms with Gasteiger partial charge in [0.1, 0.15) is 5.75 Å². The van der Waals surface area contributed by atoms with Gasteiger partial charge in [-0.25, -0.2) is 0 Å². The molecule has 0 aliphatic carbocycles. The van der Waals surface area contributed by atoms with Crippen molar-refractivity contribution < 1.29 is 9.53 Å². The first-order valence-corrected chi connectivity index (χ1v) is 8.20. The Morgan fingerprint density at radius 3 is 2.85 bits per heavy atom. The Kier molecular flexibility index (Phi) is 4.17. The van der Waals surface area contributed by atoms with Crippen LogP contribution in [-0.4, -0.2) is 42.1 Å². The predicted molar refractivity (Wildman–Crippen MR) is 80.9 cm³/mol. The van der Waals surface area contributed by atoms with Gasteiger partial charge in [-0.15, -0.1) is 11.8 Å². The smallest absolute Gasteiger partial charge is 0.241 e. The Morgan fingerprint density at radius 2 is 2.20 bits per heavy atom. The molecule has 2 saturated heterocycles. The van der Waals surface area contributed by atoms with E-state index in [0.29, 0.717) is 0 Å². The summed E-state index contributed by atoms with van der Waals surface area (Å²) in [6.45, 7) is 0.873. The minimum Gasteiger partial charge on any atom is -0.497 e. The number of ether oxygens (including phenoxy) is 1. The summed E-state index contributed by atoms with van der Waals surface area (Å²) in [7, 11) is 1.67. The lowest BCUT2D eigenvalue weighted by atomic mass is 10.0. The zero-order valence-electron chi connectivity index (χ0n) is 11.7. The van der Waals surface area contributed by atoms with Gasteiger partial charge in [-0.1, -0.05) is 12.1 Å². The van der Waals surface area contributed by atoms with Crippen LogP contribution in [0.25, 0.3) is 0 Å². The van der Waals surface area contributed by atoms with E-state index in [9.17, 15) is 4.79 Å².